The van der Waals surface area contributed by atoms with E-state index in [9.17, 15) is 14.0 Å². The number of hydrogen-bond donors (Lipinski definition) is 2. The maximum atomic E-state index is 13.4. The first kappa shape index (κ1) is 16.2. The molecule has 1 aromatic heterocycles. The summed E-state index contributed by atoms with van der Waals surface area (Å²) >= 11 is 3.09. The number of halogens is 2. The predicted octanol–water partition coefficient (Wildman–Crippen LogP) is 2.54. The zero-order valence-corrected chi connectivity index (χ0v) is 13.4. The fourth-order valence-corrected chi connectivity index (χ4v) is 2.00. The SMILES string of the molecule is Cc1ccc(CNC(=O)CNC(=O)c2ccc(Br)o2)cc1F. The molecule has 2 rings (SSSR count). The monoisotopic (exact) mass is 368 g/mol. The molecule has 1 aromatic carbocycles. The molecular weight excluding hydrogens is 355 g/mol. The van der Waals surface area contributed by atoms with Gasteiger partial charge in [0.15, 0.2) is 10.4 Å². The maximum Gasteiger partial charge on any atom is 0.287 e. The van der Waals surface area contributed by atoms with Gasteiger partial charge < -0.3 is 15.1 Å². The number of nitrogens with one attached hydrogen (secondary N) is 2. The van der Waals surface area contributed by atoms with E-state index in [1.54, 1.807) is 25.1 Å². The molecular formula is C15H14BrFN2O3. The highest BCUT2D eigenvalue weighted by Crippen LogP contribution is 2.13. The molecule has 2 N–H and O–H groups in total. The van der Waals surface area contributed by atoms with Crippen LogP contribution in [-0.2, 0) is 11.3 Å². The number of carbonyl (C=O) groups is 2. The molecule has 0 aliphatic carbocycles. The summed E-state index contributed by atoms with van der Waals surface area (Å²) in [5.74, 6) is -1.06. The molecule has 0 bridgehead atoms. The van der Waals surface area contributed by atoms with Crippen LogP contribution >= 0.6 is 15.9 Å². The first-order valence-corrected chi connectivity index (χ1v) is 7.30. The number of carbonyl (C=O) groups excluding carboxylic acids is 2. The van der Waals surface area contributed by atoms with Crippen molar-refractivity contribution in [3.8, 4) is 0 Å². The van der Waals surface area contributed by atoms with E-state index in [1.165, 1.54) is 12.1 Å². The van der Waals surface area contributed by atoms with E-state index in [2.05, 4.69) is 26.6 Å². The van der Waals surface area contributed by atoms with Crippen molar-refractivity contribution in [1.82, 2.24) is 10.6 Å². The lowest BCUT2D eigenvalue weighted by molar-refractivity contribution is -0.120. The van der Waals surface area contributed by atoms with Crippen molar-refractivity contribution in [2.45, 2.75) is 13.5 Å². The zero-order chi connectivity index (χ0) is 16.1. The lowest BCUT2D eigenvalue weighted by atomic mass is 10.1. The van der Waals surface area contributed by atoms with Crippen molar-refractivity contribution in [2.75, 3.05) is 6.54 Å². The van der Waals surface area contributed by atoms with Gasteiger partial charge in [0.25, 0.3) is 5.91 Å². The molecule has 0 aliphatic rings. The Labute approximate surface area is 135 Å². The van der Waals surface area contributed by atoms with Crippen molar-refractivity contribution in [1.29, 1.82) is 0 Å². The Kier molecular flexibility index (Phi) is 5.32. The predicted molar refractivity (Wildman–Crippen MR) is 81.7 cm³/mol. The molecule has 0 atom stereocenters. The van der Waals surface area contributed by atoms with Gasteiger partial charge in [-0.3, -0.25) is 9.59 Å². The molecule has 0 radical (unpaired) electrons. The fraction of sp³-hybridized carbons (Fsp3) is 0.200. The molecule has 0 fully saturated rings. The number of hydrogen-bond acceptors (Lipinski definition) is 3. The summed E-state index contributed by atoms with van der Waals surface area (Å²) in [4.78, 5) is 23.3. The third-order valence-corrected chi connectivity index (χ3v) is 3.36. The quantitative estimate of drug-likeness (QED) is 0.851. The molecule has 0 unspecified atom stereocenters. The van der Waals surface area contributed by atoms with Crippen LogP contribution < -0.4 is 10.6 Å². The third kappa shape index (κ3) is 4.42. The van der Waals surface area contributed by atoms with Gasteiger partial charge in [0.05, 0.1) is 6.54 Å². The molecule has 7 heteroatoms. The van der Waals surface area contributed by atoms with E-state index < -0.39 is 5.91 Å². The molecule has 2 aromatic rings. The van der Waals surface area contributed by atoms with Gasteiger partial charge >= 0.3 is 0 Å². The van der Waals surface area contributed by atoms with Gasteiger partial charge in [-0.15, -0.1) is 0 Å². The average molecular weight is 369 g/mol. The summed E-state index contributed by atoms with van der Waals surface area (Å²) in [5.41, 5.74) is 1.20. The van der Waals surface area contributed by atoms with Crippen LogP contribution in [-0.4, -0.2) is 18.4 Å². The molecule has 0 saturated carbocycles. The molecule has 1 heterocycles. The number of furan rings is 1. The minimum atomic E-state index is -0.484. The third-order valence-electron chi connectivity index (χ3n) is 2.93. The Morgan fingerprint density at radius 3 is 2.64 bits per heavy atom. The van der Waals surface area contributed by atoms with Crippen molar-refractivity contribution in [2.24, 2.45) is 0 Å². The van der Waals surface area contributed by atoms with Crippen molar-refractivity contribution < 1.29 is 18.4 Å². The second kappa shape index (κ2) is 7.22. The minimum Gasteiger partial charge on any atom is -0.444 e. The first-order chi connectivity index (χ1) is 10.5. The summed E-state index contributed by atoms with van der Waals surface area (Å²) in [7, 11) is 0. The highest BCUT2D eigenvalue weighted by Gasteiger charge is 2.11. The van der Waals surface area contributed by atoms with E-state index in [0.717, 1.165) is 0 Å². The van der Waals surface area contributed by atoms with E-state index in [1.807, 2.05) is 0 Å². The Balaban J connectivity index is 1.78. The van der Waals surface area contributed by atoms with Crippen LogP contribution in [0.15, 0.2) is 39.4 Å². The van der Waals surface area contributed by atoms with E-state index in [4.69, 9.17) is 4.42 Å². The molecule has 22 heavy (non-hydrogen) atoms. The van der Waals surface area contributed by atoms with Gasteiger partial charge in [-0.25, -0.2) is 4.39 Å². The van der Waals surface area contributed by atoms with Gasteiger partial charge in [0.1, 0.15) is 5.82 Å². The van der Waals surface area contributed by atoms with Gasteiger partial charge in [-0.05, 0) is 52.2 Å². The maximum absolute atomic E-state index is 13.4. The number of amides is 2. The summed E-state index contributed by atoms with van der Waals surface area (Å²) in [6.45, 7) is 1.67. The summed E-state index contributed by atoms with van der Waals surface area (Å²) in [6.07, 6.45) is 0. The largest absolute Gasteiger partial charge is 0.444 e. The van der Waals surface area contributed by atoms with Crippen LogP contribution in [0.5, 0.6) is 0 Å². The van der Waals surface area contributed by atoms with Crippen LogP contribution in [0.25, 0.3) is 0 Å². The van der Waals surface area contributed by atoms with E-state index >= 15 is 0 Å². The Hall–Kier alpha value is -2.15. The van der Waals surface area contributed by atoms with Crippen LogP contribution in [0.2, 0.25) is 0 Å². The highest BCUT2D eigenvalue weighted by molar-refractivity contribution is 9.10. The fourth-order valence-electron chi connectivity index (χ4n) is 1.69. The molecule has 116 valence electrons. The van der Waals surface area contributed by atoms with Crippen molar-refractivity contribution >= 4 is 27.7 Å². The van der Waals surface area contributed by atoms with Gasteiger partial charge in [0.2, 0.25) is 5.91 Å². The van der Waals surface area contributed by atoms with Gasteiger partial charge in [-0.1, -0.05) is 12.1 Å². The lowest BCUT2D eigenvalue weighted by Crippen LogP contribution is -2.36. The Morgan fingerprint density at radius 2 is 2.00 bits per heavy atom. The van der Waals surface area contributed by atoms with Crippen LogP contribution in [0.1, 0.15) is 21.7 Å². The lowest BCUT2D eigenvalue weighted by Gasteiger charge is -2.07. The number of aryl methyl sites for hydroxylation is 1. The average Bonchev–Trinajstić information content (AvgIpc) is 2.92. The van der Waals surface area contributed by atoms with Crippen LogP contribution in [0, 0.1) is 12.7 Å². The van der Waals surface area contributed by atoms with Gasteiger partial charge in [-0.2, -0.15) is 0 Å². The number of rotatable bonds is 5. The zero-order valence-electron chi connectivity index (χ0n) is 11.8. The smallest absolute Gasteiger partial charge is 0.287 e. The van der Waals surface area contributed by atoms with E-state index in [-0.39, 0.29) is 30.6 Å². The molecule has 0 saturated heterocycles. The van der Waals surface area contributed by atoms with Gasteiger partial charge in [0, 0.05) is 6.54 Å². The Morgan fingerprint density at radius 1 is 1.23 bits per heavy atom. The first-order valence-electron chi connectivity index (χ1n) is 6.51. The summed E-state index contributed by atoms with van der Waals surface area (Å²) < 4.78 is 18.9. The second-order valence-electron chi connectivity index (χ2n) is 4.65. The highest BCUT2D eigenvalue weighted by atomic mass is 79.9. The normalized spacial score (nSPS) is 10.3. The Bertz CT molecular complexity index is 700. The molecule has 0 aliphatic heterocycles. The topological polar surface area (TPSA) is 71.3 Å². The molecule has 0 spiro atoms. The van der Waals surface area contributed by atoms with E-state index in [0.29, 0.717) is 15.8 Å². The minimum absolute atomic E-state index is 0.111. The van der Waals surface area contributed by atoms with Crippen molar-refractivity contribution in [3.05, 3.63) is 57.7 Å². The van der Waals surface area contributed by atoms with Crippen molar-refractivity contribution in [3.63, 3.8) is 0 Å². The summed E-state index contributed by atoms with van der Waals surface area (Å²) in [5, 5.41) is 5.03. The second-order valence-corrected chi connectivity index (χ2v) is 5.43. The van der Waals surface area contributed by atoms with Crippen LogP contribution in [0.4, 0.5) is 4.39 Å². The number of benzene rings is 1. The molecule has 2 amide bonds. The standard InChI is InChI=1S/C15H14BrFN2O3/c1-9-2-3-10(6-11(9)17)7-18-14(20)8-19-15(21)12-4-5-13(16)22-12/h2-6H,7-8H2,1H3,(H,18,20)(H,19,21). The van der Waals surface area contributed by atoms with Crippen LogP contribution in [0.3, 0.4) is 0 Å². The molecule has 5 nitrogen and oxygen atoms in total. The summed E-state index contributed by atoms with van der Waals surface area (Å²) in [6, 6.07) is 7.83.